The van der Waals surface area contributed by atoms with Crippen molar-refractivity contribution in [3.8, 4) is 0 Å². The molecule has 0 aromatic heterocycles. The number of carbonyl (C=O) groups is 5. The van der Waals surface area contributed by atoms with Gasteiger partial charge in [-0.1, -0.05) is 97.1 Å². The quantitative estimate of drug-likeness (QED) is 0.158. The molecule has 11 heteroatoms. The lowest BCUT2D eigenvalue weighted by molar-refractivity contribution is -0.159. The minimum atomic E-state index is -1.37. The molecule has 3 N–H and O–H groups in total. The first-order valence-corrected chi connectivity index (χ1v) is 17.1. The van der Waals surface area contributed by atoms with Gasteiger partial charge in [-0.3, -0.25) is 19.2 Å². The van der Waals surface area contributed by atoms with Crippen molar-refractivity contribution in [1.29, 1.82) is 0 Å². The summed E-state index contributed by atoms with van der Waals surface area (Å²) in [5.74, 6) is -3.16. The lowest BCUT2D eigenvalue weighted by atomic mass is 9.84. The van der Waals surface area contributed by atoms with E-state index in [4.69, 9.17) is 9.47 Å². The molecule has 3 aromatic carbocycles. The predicted molar refractivity (Wildman–Crippen MR) is 188 cm³/mol. The third-order valence-corrected chi connectivity index (χ3v) is 9.40. The molecule has 0 bridgehead atoms. The van der Waals surface area contributed by atoms with Crippen molar-refractivity contribution in [1.82, 2.24) is 16.0 Å². The summed E-state index contributed by atoms with van der Waals surface area (Å²) in [5.41, 5.74) is 2.63. The van der Waals surface area contributed by atoms with Crippen LogP contribution in [0.3, 0.4) is 0 Å². The highest BCUT2D eigenvalue weighted by atomic mass is 32.2. The average molecular weight is 686 g/mol. The third kappa shape index (κ3) is 10.1. The maximum absolute atomic E-state index is 14.0. The Balaban J connectivity index is 1.67. The second kappa shape index (κ2) is 17.0. The highest BCUT2D eigenvalue weighted by Crippen LogP contribution is 2.48. The topological polar surface area (TPSA) is 140 Å². The molecule has 258 valence electrons. The van der Waals surface area contributed by atoms with Crippen molar-refractivity contribution in [3.05, 3.63) is 119 Å². The van der Waals surface area contributed by atoms with Gasteiger partial charge in [0.25, 0.3) is 0 Å². The zero-order valence-electron chi connectivity index (χ0n) is 28.2. The van der Waals surface area contributed by atoms with Gasteiger partial charge in [-0.25, -0.2) is 4.79 Å². The fourth-order valence-corrected chi connectivity index (χ4v) is 6.89. The average Bonchev–Trinajstić information content (AvgIpc) is 3.06. The van der Waals surface area contributed by atoms with Gasteiger partial charge in [0, 0.05) is 11.3 Å². The smallest absolute Gasteiger partial charge is 0.328 e. The van der Waals surface area contributed by atoms with Crippen LogP contribution in [0, 0.1) is 0 Å². The second-order valence-electron chi connectivity index (χ2n) is 12.5. The Morgan fingerprint density at radius 2 is 1.29 bits per heavy atom. The van der Waals surface area contributed by atoms with Crippen LogP contribution in [0.1, 0.15) is 56.7 Å². The summed E-state index contributed by atoms with van der Waals surface area (Å²) in [6.45, 7) is 4.72. The molecule has 0 fully saturated rings. The fraction of sp³-hybridized carbons (Fsp3) is 0.342. The monoisotopic (exact) mass is 685 g/mol. The molecule has 1 aliphatic rings. The first-order chi connectivity index (χ1) is 23.4. The van der Waals surface area contributed by atoms with Gasteiger partial charge in [-0.2, -0.15) is 0 Å². The zero-order chi connectivity index (χ0) is 35.4. The number of hydrogen-bond donors (Lipinski definition) is 3. The van der Waals surface area contributed by atoms with Crippen molar-refractivity contribution in [2.45, 2.75) is 62.5 Å². The lowest BCUT2D eigenvalue weighted by Crippen LogP contribution is -2.55. The molecule has 0 spiro atoms. The van der Waals surface area contributed by atoms with E-state index >= 15 is 0 Å². The minimum absolute atomic E-state index is 0.0374. The van der Waals surface area contributed by atoms with Crippen molar-refractivity contribution in [2.24, 2.45) is 0 Å². The number of allylic oxidation sites excluding steroid dienone is 1. The molecule has 2 atom stereocenters. The van der Waals surface area contributed by atoms with Crippen molar-refractivity contribution in [3.63, 3.8) is 0 Å². The molecule has 3 amide bonds. The summed E-state index contributed by atoms with van der Waals surface area (Å²) in [4.78, 5) is 65.1. The molecule has 3 aromatic rings. The van der Waals surface area contributed by atoms with Gasteiger partial charge in [0.15, 0.2) is 0 Å². The molecular weight excluding hydrogens is 642 g/mol. The van der Waals surface area contributed by atoms with Gasteiger partial charge < -0.3 is 25.4 Å². The molecule has 10 nitrogen and oxygen atoms in total. The maximum Gasteiger partial charge on any atom is 0.328 e. The summed E-state index contributed by atoms with van der Waals surface area (Å²) < 4.78 is 9.45. The van der Waals surface area contributed by atoms with E-state index in [1.807, 2.05) is 91.0 Å². The standard InChI is InChI=1S/C38H43N3O7S/c1-37(2,3)48-33(43)23-30(36(46)47-4)41-35(45)31(40-32(42)24-39-34(44)26-15-14-16-26)25-49-38(27-17-8-5-9-18-27,28-19-10-6-11-20-28)29-21-12-7-13-22-29/h5-13,15,17-22,30-31H,14,16,23-25H2,1-4H3,(H,39,44)(H,40,42)(H,41,45)/t30-,31-/m0/s1. The highest BCUT2D eigenvalue weighted by Gasteiger charge is 2.39. The van der Waals surface area contributed by atoms with Crippen molar-refractivity contribution in [2.75, 3.05) is 19.4 Å². The molecule has 0 heterocycles. The number of methoxy groups -OCH3 is 1. The molecule has 0 saturated heterocycles. The highest BCUT2D eigenvalue weighted by molar-refractivity contribution is 8.00. The molecule has 0 aliphatic heterocycles. The van der Waals surface area contributed by atoms with E-state index in [1.54, 1.807) is 26.8 Å². The summed E-state index contributed by atoms with van der Waals surface area (Å²) in [5, 5.41) is 7.96. The second-order valence-corrected chi connectivity index (χ2v) is 13.8. The molecule has 1 aliphatic carbocycles. The number of nitrogens with one attached hydrogen (secondary N) is 3. The Morgan fingerprint density at radius 1 is 0.776 bits per heavy atom. The van der Waals surface area contributed by atoms with Crippen LogP contribution in [0.5, 0.6) is 0 Å². The van der Waals surface area contributed by atoms with Crippen LogP contribution in [-0.2, 0) is 38.2 Å². The van der Waals surface area contributed by atoms with Gasteiger partial charge in [0.05, 0.1) is 24.8 Å². The number of benzene rings is 3. The SMILES string of the molecule is COC(=O)[C@H](CC(=O)OC(C)(C)C)NC(=O)[C@H](CSC(c1ccccc1)(c1ccccc1)c1ccccc1)NC(=O)CNC(=O)C1=CCC1. The predicted octanol–water partition coefficient (Wildman–Crippen LogP) is 4.42. The number of carbonyl (C=O) groups excluding carboxylic acids is 5. The molecular formula is C38H43N3O7S. The van der Waals surface area contributed by atoms with Crippen LogP contribution in [0.4, 0.5) is 0 Å². The largest absolute Gasteiger partial charge is 0.467 e. The van der Waals surface area contributed by atoms with Crippen LogP contribution in [0.25, 0.3) is 0 Å². The Hall–Kier alpha value is -4.90. The van der Waals surface area contributed by atoms with Gasteiger partial charge in [-0.15, -0.1) is 11.8 Å². The fourth-order valence-electron chi connectivity index (χ4n) is 5.33. The van der Waals surface area contributed by atoms with Crippen LogP contribution in [0.2, 0.25) is 0 Å². The van der Waals surface area contributed by atoms with Crippen LogP contribution >= 0.6 is 11.8 Å². The van der Waals surface area contributed by atoms with Gasteiger partial charge in [0.2, 0.25) is 17.7 Å². The van der Waals surface area contributed by atoms with Crippen LogP contribution in [0.15, 0.2) is 103 Å². The third-order valence-electron chi connectivity index (χ3n) is 7.76. The van der Waals surface area contributed by atoms with Crippen molar-refractivity contribution >= 4 is 41.4 Å². The number of rotatable bonds is 15. The van der Waals surface area contributed by atoms with Crippen LogP contribution < -0.4 is 16.0 Å². The van der Waals surface area contributed by atoms with E-state index in [0.717, 1.165) is 30.2 Å². The number of amides is 3. The maximum atomic E-state index is 14.0. The number of ether oxygens (including phenoxy) is 2. The Morgan fingerprint density at radius 3 is 1.71 bits per heavy atom. The normalized spacial score (nSPS) is 13.8. The number of thioether (sulfide) groups is 1. The number of esters is 2. The Kier molecular flexibility index (Phi) is 12.8. The lowest BCUT2D eigenvalue weighted by Gasteiger charge is -2.36. The first kappa shape index (κ1) is 36.9. The Bertz CT molecular complexity index is 1540. The van der Waals surface area contributed by atoms with E-state index in [0.29, 0.717) is 12.0 Å². The molecule has 0 unspecified atom stereocenters. The van der Waals surface area contributed by atoms with E-state index in [2.05, 4.69) is 16.0 Å². The molecule has 4 rings (SSSR count). The van der Waals surface area contributed by atoms with E-state index < -0.39 is 52.6 Å². The minimum Gasteiger partial charge on any atom is -0.467 e. The summed E-state index contributed by atoms with van der Waals surface area (Å²) in [7, 11) is 1.15. The number of hydrogen-bond acceptors (Lipinski definition) is 8. The molecule has 49 heavy (non-hydrogen) atoms. The summed E-state index contributed by atoms with van der Waals surface area (Å²) >= 11 is 1.43. The molecule has 0 radical (unpaired) electrons. The first-order valence-electron chi connectivity index (χ1n) is 16.1. The molecule has 0 saturated carbocycles. The van der Waals surface area contributed by atoms with E-state index in [-0.39, 0.29) is 18.2 Å². The van der Waals surface area contributed by atoms with Crippen molar-refractivity contribution < 1.29 is 33.4 Å². The van der Waals surface area contributed by atoms with Gasteiger partial charge in [-0.05, 0) is 50.3 Å². The van der Waals surface area contributed by atoms with E-state index in [1.165, 1.54) is 11.8 Å². The zero-order valence-corrected chi connectivity index (χ0v) is 29.0. The summed E-state index contributed by atoms with van der Waals surface area (Å²) in [6.07, 6.45) is 2.78. The van der Waals surface area contributed by atoms with E-state index in [9.17, 15) is 24.0 Å². The Labute approximate surface area is 291 Å². The van der Waals surface area contributed by atoms with Gasteiger partial charge in [0.1, 0.15) is 17.7 Å². The van der Waals surface area contributed by atoms with Gasteiger partial charge >= 0.3 is 11.9 Å². The van der Waals surface area contributed by atoms with Crippen LogP contribution in [-0.4, -0.2) is 66.8 Å². The summed E-state index contributed by atoms with van der Waals surface area (Å²) in [6, 6.07) is 27.0.